The second-order valence-corrected chi connectivity index (χ2v) is 9.45. The molecular formula is C14H28O3Si. The monoisotopic (exact) mass is 272 g/mol. The van der Waals surface area contributed by atoms with Crippen LogP contribution >= 0.6 is 0 Å². The first-order valence-electron chi connectivity index (χ1n) is 7.43. The molecule has 2 fully saturated rings. The quantitative estimate of drug-likeness (QED) is 0.405. The zero-order chi connectivity index (χ0) is 13.1. The summed E-state index contributed by atoms with van der Waals surface area (Å²) in [7, 11) is 0.598. The molecule has 1 heterocycles. The minimum Gasteiger partial charge on any atom is -0.396 e. The van der Waals surface area contributed by atoms with Crippen LogP contribution in [0.25, 0.3) is 0 Å². The number of rotatable bonds is 7. The Hall–Kier alpha value is 0.0969. The van der Waals surface area contributed by atoms with E-state index in [1.54, 1.807) is 7.11 Å². The molecule has 18 heavy (non-hydrogen) atoms. The van der Waals surface area contributed by atoms with E-state index in [-0.39, 0.29) is 6.29 Å². The van der Waals surface area contributed by atoms with E-state index in [1.807, 2.05) is 6.92 Å². The van der Waals surface area contributed by atoms with Gasteiger partial charge in [0.15, 0.2) is 9.04 Å². The van der Waals surface area contributed by atoms with E-state index in [9.17, 15) is 0 Å². The summed E-state index contributed by atoms with van der Waals surface area (Å²) in [5.41, 5.74) is 0.691. The molecule has 5 atom stereocenters. The average molecular weight is 272 g/mol. The van der Waals surface area contributed by atoms with Gasteiger partial charge in [0.05, 0.1) is 12.2 Å². The molecule has 4 heteroatoms. The highest BCUT2D eigenvalue weighted by Crippen LogP contribution is 2.41. The Kier molecular flexibility index (Phi) is 5.24. The molecule has 2 aliphatic rings. The Morgan fingerprint density at radius 3 is 2.61 bits per heavy atom. The number of epoxide rings is 1. The van der Waals surface area contributed by atoms with Crippen LogP contribution in [0.5, 0.6) is 0 Å². The predicted octanol–water partition coefficient (Wildman–Crippen LogP) is 3.09. The lowest BCUT2D eigenvalue weighted by Crippen LogP contribution is -2.29. The Balaban J connectivity index is 1.71. The number of hydrogen-bond donors (Lipinski definition) is 0. The third kappa shape index (κ3) is 4.05. The van der Waals surface area contributed by atoms with E-state index in [2.05, 4.69) is 13.8 Å². The van der Waals surface area contributed by atoms with E-state index in [0.29, 0.717) is 17.7 Å². The second-order valence-electron chi connectivity index (χ2n) is 6.19. The topological polar surface area (TPSA) is 31.0 Å². The number of hydrogen-bond acceptors (Lipinski definition) is 3. The van der Waals surface area contributed by atoms with Gasteiger partial charge in [0.1, 0.15) is 6.29 Å². The highest BCUT2D eigenvalue weighted by molar-refractivity contribution is 6.53. The fourth-order valence-electron chi connectivity index (χ4n) is 3.01. The third-order valence-corrected chi connectivity index (χ3v) is 7.54. The van der Waals surface area contributed by atoms with Crippen molar-refractivity contribution in [1.29, 1.82) is 0 Å². The fraction of sp³-hybridized carbons (Fsp3) is 1.00. The van der Waals surface area contributed by atoms with Crippen molar-refractivity contribution in [3.63, 3.8) is 0 Å². The van der Waals surface area contributed by atoms with E-state index in [0.717, 1.165) is 5.92 Å². The Bertz CT molecular complexity index is 259. The zero-order valence-electron chi connectivity index (χ0n) is 12.2. The highest BCUT2D eigenvalue weighted by atomic mass is 28.3. The van der Waals surface area contributed by atoms with Crippen LogP contribution in [-0.4, -0.2) is 34.6 Å². The minimum absolute atomic E-state index is 0.0356. The lowest BCUT2D eigenvalue weighted by molar-refractivity contribution is -0.0426. The summed E-state index contributed by atoms with van der Waals surface area (Å²) in [5.74, 6) is 0.879. The Morgan fingerprint density at radius 2 is 2.00 bits per heavy atom. The maximum absolute atomic E-state index is 6.07. The number of methoxy groups -OCH3 is 1. The van der Waals surface area contributed by atoms with Gasteiger partial charge in [-0.3, -0.25) is 0 Å². The molecule has 5 unspecified atom stereocenters. The van der Waals surface area contributed by atoms with Crippen molar-refractivity contribution in [2.24, 2.45) is 5.92 Å². The van der Waals surface area contributed by atoms with Crippen LogP contribution in [0, 0.1) is 5.92 Å². The van der Waals surface area contributed by atoms with Gasteiger partial charge in [-0.05, 0) is 43.7 Å². The van der Waals surface area contributed by atoms with E-state index < -0.39 is 9.04 Å². The number of fused-ring (bicyclic) bond motifs is 1. The van der Waals surface area contributed by atoms with Crippen LogP contribution in [0.3, 0.4) is 0 Å². The predicted molar refractivity (Wildman–Crippen MR) is 75.2 cm³/mol. The molecule has 3 nitrogen and oxygen atoms in total. The van der Waals surface area contributed by atoms with Crippen LogP contribution in [0.15, 0.2) is 0 Å². The van der Waals surface area contributed by atoms with Gasteiger partial charge >= 0.3 is 0 Å². The SMILES string of the molecule is COC(C)O[SiH](CCC1CCC2OC2C1)C(C)C. The molecule has 0 radical (unpaired) electrons. The molecule has 0 aromatic carbocycles. The van der Waals surface area contributed by atoms with Crippen LogP contribution < -0.4 is 0 Å². The molecule has 1 saturated heterocycles. The Morgan fingerprint density at radius 1 is 1.22 bits per heavy atom. The first-order valence-corrected chi connectivity index (χ1v) is 9.39. The van der Waals surface area contributed by atoms with Gasteiger partial charge in [-0.15, -0.1) is 0 Å². The summed E-state index contributed by atoms with van der Waals surface area (Å²) in [6, 6.07) is 1.29. The van der Waals surface area contributed by atoms with Crippen molar-refractivity contribution in [2.45, 2.75) is 76.5 Å². The van der Waals surface area contributed by atoms with Crippen LogP contribution in [-0.2, 0) is 13.9 Å². The molecule has 1 aliphatic heterocycles. The lowest BCUT2D eigenvalue weighted by Gasteiger charge is -2.26. The fourth-order valence-corrected chi connectivity index (χ4v) is 5.53. The van der Waals surface area contributed by atoms with E-state index >= 15 is 0 Å². The van der Waals surface area contributed by atoms with Crippen LogP contribution in [0.2, 0.25) is 11.6 Å². The Labute approximate surface area is 113 Å². The molecule has 2 rings (SSSR count). The van der Waals surface area contributed by atoms with Gasteiger partial charge < -0.3 is 13.9 Å². The van der Waals surface area contributed by atoms with Crippen LogP contribution in [0.4, 0.5) is 0 Å². The molecule has 106 valence electrons. The van der Waals surface area contributed by atoms with Crippen molar-refractivity contribution in [3.05, 3.63) is 0 Å². The van der Waals surface area contributed by atoms with Gasteiger partial charge in [0.2, 0.25) is 0 Å². The van der Waals surface area contributed by atoms with Crippen molar-refractivity contribution >= 4 is 9.04 Å². The smallest absolute Gasteiger partial charge is 0.182 e. The molecule has 0 aromatic heterocycles. The summed E-state index contributed by atoms with van der Waals surface area (Å²) in [5, 5.41) is 0. The summed E-state index contributed by atoms with van der Waals surface area (Å²) in [6.07, 6.45) is 6.48. The average Bonchev–Trinajstić information content (AvgIpc) is 3.11. The number of ether oxygens (including phenoxy) is 2. The first kappa shape index (κ1) is 14.5. The maximum Gasteiger partial charge on any atom is 0.182 e. The standard InChI is InChI=1S/C14H28O3Si/c1-10(2)18(17-11(3)15-4)8-7-12-5-6-13-14(9-12)16-13/h10-14,18H,5-9H2,1-4H3. The molecule has 0 spiro atoms. The van der Waals surface area contributed by atoms with Gasteiger partial charge in [-0.1, -0.05) is 20.3 Å². The highest BCUT2D eigenvalue weighted by Gasteiger charge is 2.43. The second kappa shape index (κ2) is 6.50. The molecule has 0 bridgehead atoms. The van der Waals surface area contributed by atoms with Crippen LogP contribution in [0.1, 0.15) is 46.5 Å². The normalized spacial score (nSPS) is 34.2. The molecule has 1 saturated carbocycles. The minimum atomic E-state index is -1.13. The summed E-state index contributed by atoms with van der Waals surface area (Å²) < 4.78 is 16.9. The molecule has 1 aliphatic carbocycles. The van der Waals surface area contributed by atoms with Crippen molar-refractivity contribution in [1.82, 2.24) is 0 Å². The zero-order valence-corrected chi connectivity index (χ0v) is 13.4. The summed E-state index contributed by atoms with van der Waals surface area (Å²) in [4.78, 5) is 0. The molecular weight excluding hydrogens is 244 g/mol. The maximum atomic E-state index is 6.07. The molecule has 0 amide bonds. The molecule has 0 aromatic rings. The summed E-state index contributed by atoms with van der Waals surface area (Å²) >= 11 is 0. The van der Waals surface area contributed by atoms with Crippen molar-refractivity contribution in [2.75, 3.05) is 7.11 Å². The molecule has 0 N–H and O–H groups in total. The van der Waals surface area contributed by atoms with E-state index in [4.69, 9.17) is 13.9 Å². The van der Waals surface area contributed by atoms with Gasteiger partial charge in [-0.2, -0.15) is 0 Å². The van der Waals surface area contributed by atoms with E-state index in [1.165, 1.54) is 31.7 Å². The van der Waals surface area contributed by atoms with Gasteiger partial charge in [0, 0.05) is 7.11 Å². The van der Waals surface area contributed by atoms with Crippen molar-refractivity contribution in [3.8, 4) is 0 Å². The third-order valence-electron chi connectivity index (χ3n) is 4.41. The largest absolute Gasteiger partial charge is 0.396 e. The first-order chi connectivity index (χ1) is 8.60. The van der Waals surface area contributed by atoms with Gasteiger partial charge in [0.25, 0.3) is 0 Å². The summed E-state index contributed by atoms with van der Waals surface area (Å²) in [6.45, 7) is 6.59. The van der Waals surface area contributed by atoms with Crippen molar-refractivity contribution < 1.29 is 13.9 Å². The van der Waals surface area contributed by atoms with Gasteiger partial charge in [-0.25, -0.2) is 0 Å². The lowest BCUT2D eigenvalue weighted by atomic mass is 9.88.